The van der Waals surface area contributed by atoms with Crippen molar-refractivity contribution in [3.8, 4) is 5.75 Å². The summed E-state index contributed by atoms with van der Waals surface area (Å²) in [6.07, 6.45) is -3.75. The topological polar surface area (TPSA) is 35.2 Å². The van der Waals surface area contributed by atoms with E-state index >= 15 is 0 Å². The molecule has 0 atom stereocenters. The first kappa shape index (κ1) is 12.6. The van der Waals surface area contributed by atoms with Crippen LogP contribution in [0.15, 0.2) is 18.2 Å². The van der Waals surface area contributed by atoms with Crippen LogP contribution in [0.25, 0.3) is 0 Å². The van der Waals surface area contributed by atoms with Crippen molar-refractivity contribution in [2.24, 2.45) is 0 Å². The highest BCUT2D eigenvalue weighted by Gasteiger charge is 2.41. The minimum atomic E-state index is -4.17. The van der Waals surface area contributed by atoms with E-state index in [0.717, 1.165) is 0 Å². The predicted molar refractivity (Wildman–Crippen MR) is 52.0 cm³/mol. The molecule has 1 rings (SSSR count). The Bertz CT molecular complexity index is 348. The lowest BCUT2D eigenvalue weighted by atomic mass is 10.2. The third-order valence-corrected chi connectivity index (χ3v) is 1.97. The van der Waals surface area contributed by atoms with E-state index in [9.17, 15) is 17.6 Å². The molecule has 6 heteroatoms. The fourth-order valence-corrected chi connectivity index (χ4v) is 1.10. The third-order valence-electron chi connectivity index (χ3n) is 1.97. The van der Waals surface area contributed by atoms with Gasteiger partial charge in [0.05, 0.1) is 5.69 Å². The van der Waals surface area contributed by atoms with E-state index in [-0.39, 0.29) is 11.4 Å². The van der Waals surface area contributed by atoms with E-state index in [4.69, 9.17) is 5.73 Å². The zero-order chi connectivity index (χ0) is 12.3. The highest BCUT2D eigenvalue weighted by Crippen LogP contribution is 2.29. The number of halogens is 4. The standard InChI is InChI=1S/C10H11F4NO/c1-6-3-2-4-7(15)8(6)16-5-10(13,14)9(11)12/h2-4,9H,5,15H2,1H3. The largest absolute Gasteiger partial charge is 0.485 e. The van der Waals surface area contributed by atoms with Crippen molar-refractivity contribution in [1.29, 1.82) is 0 Å². The summed E-state index contributed by atoms with van der Waals surface area (Å²) in [5, 5.41) is 0. The molecule has 0 bridgehead atoms. The summed E-state index contributed by atoms with van der Waals surface area (Å²) < 4.78 is 53.5. The summed E-state index contributed by atoms with van der Waals surface area (Å²) in [6, 6.07) is 4.65. The van der Waals surface area contributed by atoms with Crippen LogP contribution in [-0.2, 0) is 0 Å². The van der Waals surface area contributed by atoms with Crippen LogP contribution in [0.4, 0.5) is 23.2 Å². The van der Waals surface area contributed by atoms with Crippen LogP contribution in [0.1, 0.15) is 5.56 Å². The van der Waals surface area contributed by atoms with Gasteiger partial charge in [0.2, 0.25) is 0 Å². The van der Waals surface area contributed by atoms with Crippen molar-refractivity contribution in [3.63, 3.8) is 0 Å². The van der Waals surface area contributed by atoms with Crippen molar-refractivity contribution < 1.29 is 22.3 Å². The number of anilines is 1. The van der Waals surface area contributed by atoms with E-state index in [0.29, 0.717) is 5.56 Å². The summed E-state index contributed by atoms with van der Waals surface area (Å²) in [5.74, 6) is -4.16. The average Bonchev–Trinajstić information content (AvgIpc) is 2.16. The Morgan fingerprint density at radius 2 is 2.00 bits per heavy atom. The summed E-state index contributed by atoms with van der Waals surface area (Å²) >= 11 is 0. The molecule has 0 saturated carbocycles. The van der Waals surface area contributed by atoms with Gasteiger partial charge in [-0.15, -0.1) is 0 Å². The molecule has 0 aliphatic rings. The molecule has 0 heterocycles. The van der Waals surface area contributed by atoms with Crippen LogP contribution in [0.5, 0.6) is 5.75 Å². The van der Waals surface area contributed by atoms with Gasteiger partial charge in [-0.3, -0.25) is 0 Å². The number of rotatable bonds is 4. The van der Waals surface area contributed by atoms with Gasteiger partial charge in [0, 0.05) is 0 Å². The molecular formula is C10H11F4NO. The maximum absolute atomic E-state index is 12.6. The first-order valence-electron chi connectivity index (χ1n) is 4.48. The molecule has 0 aromatic heterocycles. The van der Waals surface area contributed by atoms with Gasteiger partial charge in [-0.2, -0.15) is 8.78 Å². The van der Waals surface area contributed by atoms with Gasteiger partial charge in [-0.25, -0.2) is 8.78 Å². The van der Waals surface area contributed by atoms with Crippen LogP contribution >= 0.6 is 0 Å². The van der Waals surface area contributed by atoms with E-state index in [2.05, 4.69) is 4.74 Å². The van der Waals surface area contributed by atoms with Gasteiger partial charge in [-0.05, 0) is 18.6 Å². The van der Waals surface area contributed by atoms with Crippen LogP contribution in [0.3, 0.4) is 0 Å². The molecule has 0 radical (unpaired) electrons. The van der Waals surface area contributed by atoms with Crippen molar-refractivity contribution in [2.75, 3.05) is 12.3 Å². The fraction of sp³-hybridized carbons (Fsp3) is 0.400. The molecule has 0 amide bonds. The third kappa shape index (κ3) is 2.77. The summed E-state index contributed by atoms with van der Waals surface area (Å²) in [6.45, 7) is 0.200. The predicted octanol–water partition coefficient (Wildman–Crippen LogP) is 2.86. The highest BCUT2D eigenvalue weighted by molar-refractivity contribution is 5.56. The van der Waals surface area contributed by atoms with Gasteiger partial charge < -0.3 is 10.5 Å². The molecule has 0 spiro atoms. The second-order valence-electron chi connectivity index (χ2n) is 3.34. The summed E-state index contributed by atoms with van der Waals surface area (Å²) in [5.41, 5.74) is 6.13. The quantitative estimate of drug-likeness (QED) is 0.645. The number of para-hydroxylation sites is 1. The molecule has 0 saturated heterocycles. The number of ether oxygens (including phenoxy) is 1. The van der Waals surface area contributed by atoms with Crippen LogP contribution in [0, 0.1) is 6.92 Å². The van der Waals surface area contributed by atoms with Gasteiger partial charge in [0.15, 0.2) is 6.61 Å². The zero-order valence-corrected chi connectivity index (χ0v) is 8.51. The van der Waals surface area contributed by atoms with Crippen LogP contribution < -0.4 is 10.5 Å². The monoisotopic (exact) mass is 237 g/mol. The van der Waals surface area contributed by atoms with E-state index < -0.39 is 19.0 Å². The number of alkyl halides is 4. The lowest BCUT2D eigenvalue weighted by Crippen LogP contribution is -2.34. The number of nitrogen functional groups attached to an aromatic ring is 1. The molecule has 0 unspecified atom stereocenters. The van der Waals surface area contributed by atoms with Gasteiger partial charge in [-0.1, -0.05) is 12.1 Å². The van der Waals surface area contributed by atoms with Gasteiger partial charge >= 0.3 is 12.3 Å². The second-order valence-corrected chi connectivity index (χ2v) is 3.34. The first-order valence-corrected chi connectivity index (χ1v) is 4.48. The number of benzene rings is 1. The van der Waals surface area contributed by atoms with Crippen molar-refractivity contribution in [3.05, 3.63) is 23.8 Å². The molecule has 0 fully saturated rings. The van der Waals surface area contributed by atoms with Crippen molar-refractivity contribution in [1.82, 2.24) is 0 Å². The Morgan fingerprint density at radius 3 is 2.50 bits per heavy atom. The minimum absolute atomic E-state index is 0.0165. The highest BCUT2D eigenvalue weighted by atomic mass is 19.3. The van der Waals surface area contributed by atoms with Crippen LogP contribution in [0.2, 0.25) is 0 Å². The lowest BCUT2D eigenvalue weighted by Gasteiger charge is -2.17. The molecule has 1 aromatic carbocycles. The Labute approximate surface area is 90.0 Å². The van der Waals surface area contributed by atoms with Gasteiger partial charge in [0.25, 0.3) is 0 Å². The Kier molecular flexibility index (Phi) is 3.62. The maximum Gasteiger partial charge on any atom is 0.340 e. The van der Waals surface area contributed by atoms with Crippen molar-refractivity contribution >= 4 is 5.69 Å². The molecule has 0 aliphatic carbocycles. The number of nitrogens with two attached hydrogens (primary N) is 1. The smallest absolute Gasteiger partial charge is 0.340 e. The average molecular weight is 237 g/mol. The number of hydrogen-bond acceptors (Lipinski definition) is 2. The molecule has 2 N–H and O–H groups in total. The van der Waals surface area contributed by atoms with E-state index in [1.54, 1.807) is 19.1 Å². The maximum atomic E-state index is 12.6. The first-order chi connectivity index (χ1) is 7.34. The molecule has 1 aromatic rings. The molecule has 90 valence electrons. The van der Waals surface area contributed by atoms with E-state index in [1.165, 1.54) is 6.07 Å². The molecular weight excluding hydrogens is 226 g/mol. The molecule has 0 aliphatic heterocycles. The SMILES string of the molecule is Cc1cccc(N)c1OCC(F)(F)C(F)F. The Balaban J connectivity index is 2.75. The zero-order valence-electron chi connectivity index (χ0n) is 8.51. The van der Waals surface area contributed by atoms with Crippen LogP contribution in [-0.4, -0.2) is 19.0 Å². The Morgan fingerprint density at radius 1 is 1.38 bits per heavy atom. The molecule has 16 heavy (non-hydrogen) atoms. The Hall–Kier alpha value is -1.46. The number of aryl methyl sites for hydroxylation is 1. The van der Waals surface area contributed by atoms with Gasteiger partial charge in [0.1, 0.15) is 5.75 Å². The minimum Gasteiger partial charge on any atom is -0.485 e. The summed E-state index contributed by atoms with van der Waals surface area (Å²) in [4.78, 5) is 0. The second kappa shape index (κ2) is 4.59. The molecule has 2 nitrogen and oxygen atoms in total. The summed E-state index contributed by atoms with van der Waals surface area (Å²) in [7, 11) is 0. The normalized spacial score (nSPS) is 11.9. The lowest BCUT2D eigenvalue weighted by molar-refractivity contribution is -0.148. The number of hydrogen-bond donors (Lipinski definition) is 1. The fourth-order valence-electron chi connectivity index (χ4n) is 1.10. The van der Waals surface area contributed by atoms with Crippen molar-refractivity contribution in [2.45, 2.75) is 19.3 Å². The van der Waals surface area contributed by atoms with E-state index in [1.807, 2.05) is 0 Å².